The average Bonchev–Trinajstić information content (AvgIpc) is 2.05. The molecule has 12 heavy (non-hydrogen) atoms. The number of rotatable bonds is 2. The number of hydrogen-bond acceptors (Lipinski definition) is 2. The summed E-state index contributed by atoms with van der Waals surface area (Å²) in [6, 6.07) is 5.34. The summed E-state index contributed by atoms with van der Waals surface area (Å²) in [7, 11) is 1.57. The van der Waals surface area contributed by atoms with Crippen molar-refractivity contribution < 1.29 is 9.53 Å². The van der Waals surface area contributed by atoms with Gasteiger partial charge in [0.1, 0.15) is 5.75 Å². The Kier molecular flexibility index (Phi) is 2.76. The Morgan fingerprint density at radius 3 is 2.67 bits per heavy atom. The second-order valence-electron chi connectivity index (χ2n) is 2.49. The summed E-state index contributed by atoms with van der Waals surface area (Å²) in [5.74, 6) is 0.679. The summed E-state index contributed by atoms with van der Waals surface area (Å²) in [4.78, 5) is 10.9. The lowest BCUT2D eigenvalue weighted by molar-refractivity contribution is 0.109. The molecule has 0 aromatic heterocycles. The molecule has 0 aliphatic heterocycles. The number of carbonyl (C=O) groups excluding carboxylic acids is 1. The summed E-state index contributed by atoms with van der Waals surface area (Å²) >= 11 is 3.75. The van der Waals surface area contributed by atoms with Gasteiger partial charge in [-0.2, -0.15) is 0 Å². The number of thiol groups is 1. The van der Waals surface area contributed by atoms with Crippen LogP contribution in [0.3, 0.4) is 0 Å². The third kappa shape index (κ3) is 1.80. The van der Waals surface area contributed by atoms with E-state index in [1.54, 1.807) is 13.2 Å². The molecule has 0 spiro atoms. The zero-order chi connectivity index (χ0) is 9.14. The molecule has 1 aromatic carbocycles. The minimum atomic E-state index is -0.230. The van der Waals surface area contributed by atoms with Crippen LogP contribution < -0.4 is 4.74 Å². The summed E-state index contributed by atoms with van der Waals surface area (Å²) in [6.45, 7) is 1.86. The fourth-order valence-corrected chi connectivity index (χ4v) is 1.20. The first-order valence-electron chi connectivity index (χ1n) is 3.53. The molecule has 0 aliphatic carbocycles. The first-order valence-corrected chi connectivity index (χ1v) is 3.98. The van der Waals surface area contributed by atoms with Gasteiger partial charge in [0, 0.05) is 5.56 Å². The molecule has 0 N–H and O–H groups in total. The fraction of sp³-hybridized carbons (Fsp3) is 0.222. The Hall–Kier alpha value is -0.960. The van der Waals surface area contributed by atoms with Gasteiger partial charge in [0.05, 0.1) is 7.11 Å². The van der Waals surface area contributed by atoms with Crippen molar-refractivity contribution in [3.05, 3.63) is 29.3 Å². The van der Waals surface area contributed by atoms with Gasteiger partial charge in [0.2, 0.25) is 5.12 Å². The van der Waals surface area contributed by atoms with Gasteiger partial charge in [0.15, 0.2) is 0 Å². The van der Waals surface area contributed by atoms with Crippen molar-refractivity contribution in [1.29, 1.82) is 0 Å². The van der Waals surface area contributed by atoms with Crippen molar-refractivity contribution in [3.63, 3.8) is 0 Å². The smallest absolute Gasteiger partial charge is 0.216 e. The van der Waals surface area contributed by atoms with E-state index in [2.05, 4.69) is 12.6 Å². The Balaban J connectivity index is 3.17. The van der Waals surface area contributed by atoms with Crippen LogP contribution in [0.15, 0.2) is 18.2 Å². The molecule has 0 saturated carbocycles. The van der Waals surface area contributed by atoms with Crippen LogP contribution in [0.4, 0.5) is 0 Å². The molecule has 0 unspecified atom stereocenters. The molecule has 64 valence electrons. The third-order valence-electron chi connectivity index (χ3n) is 1.68. The van der Waals surface area contributed by atoms with Gasteiger partial charge in [-0.05, 0) is 24.6 Å². The highest BCUT2D eigenvalue weighted by molar-refractivity contribution is 7.97. The Morgan fingerprint density at radius 2 is 2.17 bits per heavy atom. The van der Waals surface area contributed by atoms with Gasteiger partial charge in [-0.15, -0.1) is 12.6 Å². The van der Waals surface area contributed by atoms with E-state index in [1.807, 2.05) is 19.1 Å². The molecule has 0 aliphatic rings. The van der Waals surface area contributed by atoms with E-state index in [0.717, 1.165) is 5.56 Å². The molecule has 1 rings (SSSR count). The maximum atomic E-state index is 10.9. The molecule has 0 saturated heterocycles. The third-order valence-corrected chi connectivity index (χ3v) is 1.92. The van der Waals surface area contributed by atoms with Crippen LogP contribution in [0.2, 0.25) is 0 Å². The molecule has 0 amide bonds. The second-order valence-corrected chi connectivity index (χ2v) is 2.89. The number of hydrogen-bond donors (Lipinski definition) is 1. The van der Waals surface area contributed by atoms with E-state index in [9.17, 15) is 4.79 Å². The number of aryl methyl sites for hydroxylation is 1. The van der Waals surface area contributed by atoms with E-state index in [0.29, 0.717) is 11.3 Å². The van der Waals surface area contributed by atoms with E-state index in [4.69, 9.17) is 4.74 Å². The monoisotopic (exact) mass is 182 g/mol. The SMILES string of the molecule is COc1ccc(C)c(C(=O)S)c1. The lowest BCUT2D eigenvalue weighted by atomic mass is 10.1. The van der Waals surface area contributed by atoms with Crippen LogP contribution in [-0.2, 0) is 0 Å². The predicted molar refractivity (Wildman–Crippen MR) is 51.0 cm³/mol. The lowest BCUT2D eigenvalue weighted by Crippen LogP contribution is -1.94. The van der Waals surface area contributed by atoms with Crippen LogP contribution in [0, 0.1) is 6.92 Å². The molecular formula is C9H10O2S. The molecule has 0 heterocycles. The summed E-state index contributed by atoms with van der Waals surface area (Å²) in [5, 5.41) is -0.230. The van der Waals surface area contributed by atoms with Crippen LogP contribution >= 0.6 is 12.6 Å². The van der Waals surface area contributed by atoms with Gasteiger partial charge in [0.25, 0.3) is 0 Å². The molecule has 0 fully saturated rings. The maximum Gasteiger partial charge on any atom is 0.216 e. The van der Waals surface area contributed by atoms with Crippen molar-refractivity contribution in [2.45, 2.75) is 6.92 Å². The molecular weight excluding hydrogens is 172 g/mol. The average molecular weight is 182 g/mol. The highest BCUT2D eigenvalue weighted by atomic mass is 32.1. The van der Waals surface area contributed by atoms with Crippen molar-refractivity contribution in [2.75, 3.05) is 7.11 Å². The Bertz CT molecular complexity index is 307. The number of methoxy groups -OCH3 is 1. The minimum absolute atomic E-state index is 0.230. The number of benzene rings is 1. The fourth-order valence-electron chi connectivity index (χ4n) is 0.958. The highest BCUT2D eigenvalue weighted by Crippen LogP contribution is 2.18. The molecule has 3 heteroatoms. The van der Waals surface area contributed by atoms with Crippen molar-refractivity contribution in [1.82, 2.24) is 0 Å². The maximum absolute atomic E-state index is 10.9. The highest BCUT2D eigenvalue weighted by Gasteiger charge is 2.05. The van der Waals surface area contributed by atoms with Crippen molar-refractivity contribution in [2.24, 2.45) is 0 Å². The lowest BCUT2D eigenvalue weighted by Gasteiger charge is -2.03. The summed E-state index contributed by atoms with van der Waals surface area (Å²) in [6.07, 6.45) is 0. The second kappa shape index (κ2) is 3.63. The van der Waals surface area contributed by atoms with E-state index in [-0.39, 0.29) is 5.12 Å². The van der Waals surface area contributed by atoms with Crippen LogP contribution in [0.5, 0.6) is 5.75 Å². The standard InChI is InChI=1S/C9H10O2S/c1-6-3-4-7(11-2)5-8(6)9(10)12/h3-5H,1-2H3,(H,10,12). The quantitative estimate of drug-likeness (QED) is 0.709. The van der Waals surface area contributed by atoms with Crippen molar-refractivity contribution in [3.8, 4) is 5.75 Å². The summed E-state index contributed by atoms with van der Waals surface area (Å²) in [5.41, 5.74) is 1.51. The first-order chi connectivity index (χ1) is 5.65. The zero-order valence-corrected chi connectivity index (χ0v) is 7.89. The molecule has 0 atom stereocenters. The first kappa shape index (κ1) is 9.13. The van der Waals surface area contributed by atoms with E-state index >= 15 is 0 Å². The zero-order valence-electron chi connectivity index (χ0n) is 7.00. The number of carbonyl (C=O) groups is 1. The van der Waals surface area contributed by atoms with Gasteiger partial charge in [-0.1, -0.05) is 6.07 Å². The topological polar surface area (TPSA) is 26.3 Å². The van der Waals surface area contributed by atoms with Crippen LogP contribution in [0.25, 0.3) is 0 Å². The molecule has 2 nitrogen and oxygen atoms in total. The van der Waals surface area contributed by atoms with Crippen molar-refractivity contribution >= 4 is 17.7 Å². The Morgan fingerprint density at radius 1 is 1.50 bits per heavy atom. The predicted octanol–water partition coefficient (Wildman–Crippen LogP) is 2.07. The molecule has 0 radical (unpaired) electrons. The minimum Gasteiger partial charge on any atom is -0.497 e. The largest absolute Gasteiger partial charge is 0.497 e. The molecule has 0 bridgehead atoms. The van der Waals surface area contributed by atoms with Gasteiger partial charge in [-0.25, -0.2) is 0 Å². The summed E-state index contributed by atoms with van der Waals surface area (Å²) < 4.78 is 4.97. The van der Waals surface area contributed by atoms with Crippen LogP contribution in [0.1, 0.15) is 15.9 Å². The van der Waals surface area contributed by atoms with E-state index < -0.39 is 0 Å². The van der Waals surface area contributed by atoms with Gasteiger partial charge in [-0.3, -0.25) is 4.79 Å². The van der Waals surface area contributed by atoms with E-state index in [1.165, 1.54) is 0 Å². The van der Waals surface area contributed by atoms with Crippen LogP contribution in [-0.4, -0.2) is 12.2 Å². The van der Waals surface area contributed by atoms with Gasteiger partial charge >= 0.3 is 0 Å². The normalized spacial score (nSPS) is 9.58. The van der Waals surface area contributed by atoms with Gasteiger partial charge < -0.3 is 4.74 Å². The Labute approximate surface area is 77.0 Å². The number of ether oxygens (including phenoxy) is 1. The molecule has 1 aromatic rings.